The van der Waals surface area contributed by atoms with Gasteiger partial charge in [-0.3, -0.25) is 12.9 Å². The fourth-order valence-electron chi connectivity index (χ4n) is 0.755. The van der Waals surface area contributed by atoms with Gasteiger partial charge in [-0.2, -0.15) is 4.21 Å². The molecule has 54 valence electrons. The van der Waals surface area contributed by atoms with E-state index in [-0.39, 0.29) is 24.0 Å². The van der Waals surface area contributed by atoms with Crippen molar-refractivity contribution in [2.24, 2.45) is 0 Å². The van der Waals surface area contributed by atoms with Crippen LogP contribution in [0.4, 0.5) is 4.39 Å². The summed E-state index contributed by atoms with van der Waals surface area (Å²) >= 11 is 3.20. The summed E-state index contributed by atoms with van der Waals surface area (Å²) in [7, 11) is 0. The average Bonchev–Trinajstić information content (AvgIpc) is 2.04. The van der Waals surface area contributed by atoms with Gasteiger partial charge in [0.25, 0.3) is 0 Å². The summed E-state index contributed by atoms with van der Waals surface area (Å²) in [6.07, 6.45) is 2.00. The lowest BCUT2D eigenvalue weighted by atomic mass is 10.2. The van der Waals surface area contributed by atoms with Gasteiger partial charge in [0.05, 0.1) is 0 Å². The van der Waals surface area contributed by atoms with Crippen LogP contribution in [0.2, 0.25) is 0 Å². The zero-order valence-corrected chi connectivity index (χ0v) is 8.93. The molecule has 0 fully saturated rings. The Hall–Kier alpha value is 0.136. The maximum atomic E-state index is 12.4. The first kappa shape index (κ1) is 9.23. The molecule has 0 heterocycles. The van der Waals surface area contributed by atoms with Gasteiger partial charge in [-0.15, -0.1) is 0 Å². The Balaban J connectivity index is 2.73. The summed E-state index contributed by atoms with van der Waals surface area (Å²) in [6.45, 7) is 0. The molecule has 0 aliphatic carbocycles. The minimum absolute atomic E-state index is 0.182. The molecule has 0 aromatic heterocycles. The van der Waals surface area contributed by atoms with Crippen molar-refractivity contribution in [1.82, 2.24) is 0 Å². The highest BCUT2D eigenvalue weighted by Gasteiger charge is 1.87. The van der Waals surface area contributed by atoms with Crippen LogP contribution in [-0.4, -0.2) is 18.2 Å². The molecule has 1 aromatic rings. The smallest absolute Gasteiger partial charge is 0.297 e. The van der Waals surface area contributed by atoms with E-state index in [9.17, 15) is 4.39 Å². The average molecular weight is 225 g/mol. The Morgan fingerprint density at radius 3 is 2.45 bits per heavy atom. The normalized spacial score (nSPS) is 10.0. The molecule has 0 spiro atoms. The van der Waals surface area contributed by atoms with E-state index < -0.39 is 0 Å². The van der Waals surface area contributed by atoms with Crippen molar-refractivity contribution in [1.29, 1.82) is 0 Å². The maximum Gasteiger partial charge on any atom is 0.498 e. The molecule has 3 heteroatoms. The molecule has 0 unspecified atom stereocenters. The number of benzene rings is 1. The highest BCUT2D eigenvalue weighted by atomic mass is 79.9. The van der Waals surface area contributed by atoms with Crippen LogP contribution in [0, 0.1) is 5.82 Å². The van der Waals surface area contributed by atoms with E-state index in [0.29, 0.717) is 0 Å². The summed E-state index contributed by atoms with van der Waals surface area (Å²) in [5.74, 6) is -0.182. The van der Waals surface area contributed by atoms with E-state index in [1.807, 2.05) is 6.08 Å². The van der Waals surface area contributed by atoms with Crippen LogP contribution in [0.3, 0.4) is 0 Å². The van der Waals surface area contributed by atoms with E-state index >= 15 is 0 Å². The zero-order chi connectivity index (χ0) is 8.10. The SMILES string of the molecule is Fc1ccc(C=[CH][Mg][Br])cc1. The van der Waals surface area contributed by atoms with Crippen molar-refractivity contribution >= 4 is 37.2 Å². The second kappa shape index (κ2) is 4.90. The largest absolute Gasteiger partial charge is 0.498 e. The third-order valence-electron chi connectivity index (χ3n) is 1.27. The zero-order valence-electron chi connectivity index (χ0n) is 5.93. The number of rotatable bonds is 2. The molecule has 0 amide bonds. The monoisotopic (exact) mass is 224 g/mol. The van der Waals surface area contributed by atoms with Crippen molar-refractivity contribution < 1.29 is 4.39 Å². The predicted molar refractivity (Wildman–Crippen MR) is 50.1 cm³/mol. The summed E-state index contributed by atoms with van der Waals surface area (Å²) in [6, 6.07) is 6.47. The molecule has 11 heavy (non-hydrogen) atoms. The summed E-state index contributed by atoms with van der Waals surface area (Å²) in [5.41, 5.74) is 1.05. The van der Waals surface area contributed by atoms with Crippen molar-refractivity contribution in [3.05, 3.63) is 39.9 Å². The fourth-order valence-corrected chi connectivity index (χ4v) is 1.68. The topological polar surface area (TPSA) is 0 Å². The van der Waals surface area contributed by atoms with Gasteiger partial charge >= 0.3 is 18.2 Å². The minimum atomic E-state index is -0.201. The lowest BCUT2D eigenvalue weighted by molar-refractivity contribution is 0.628. The van der Waals surface area contributed by atoms with Crippen molar-refractivity contribution in [2.45, 2.75) is 0 Å². The van der Waals surface area contributed by atoms with Crippen molar-refractivity contribution in [3.63, 3.8) is 0 Å². The first-order valence-electron chi connectivity index (χ1n) is 3.31. The van der Waals surface area contributed by atoms with Crippen molar-refractivity contribution in [2.75, 3.05) is 0 Å². The van der Waals surface area contributed by atoms with Crippen LogP contribution in [0.5, 0.6) is 0 Å². The third kappa shape index (κ3) is 3.36. The van der Waals surface area contributed by atoms with Crippen LogP contribution in [0.1, 0.15) is 5.56 Å². The number of hydrogen-bond acceptors (Lipinski definition) is 0. The highest BCUT2D eigenvalue weighted by Crippen LogP contribution is 2.04. The van der Waals surface area contributed by atoms with Crippen molar-refractivity contribution in [3.8, 4) is 0 Å². The van der Waals surface area contributed by atoms with Crippen LogP contribution < -0.4 is 0 Å². The highest BCUT2D eigenvalue weighted by molar-refractivity contribution is 9.23. The van der Waals surface area contributed by atoms with Gasteiger partial charge < -0.3 is 0 Å². The molecule has 0 nitrogen and oxygen atoms in total. The fraction of sp³-hybridized carbons (Fsp3) is 0. The molecule has 0 bridgehead atoms. The van der Waals surface area contributed by atoms with Gasteiger partial charge in [-0.25, -0.2) is 4.39 Å². The molecule has 0 atom stereocenters. The van der Waals surface area contributed by atoms with E-state index in [2.05, 4.69) is 17.1 Å². The van der Waals surface area contributed by atoms with Gasteiger partial charge in [0, 0.05) is 0 Å². The van der Waals surface area contributed by atoms with E-state index in [0.717, 1.165) is 5.56 Å². The summed E-state index contributed by atoms with van der Waals surface area (Å²) < 4.78 is 14.5. The Morgan fingerprint density at radius 2 is 1.91 bits per heavy atom. The standard InChI is InChI=1S/C8H6F.BrH.Mg/c1-2-7-3-5-8(9)6-4-7;;/h1-6H;1H;/q;;+1/p-1. The van der Waals surface area contributed by atoms with Crippen LogP contribution in [0.25, 0.3) is 6.08 Å². The first-order chi connectivity index (χ1) is 5.33. The molecule has 0 saturated heterocycles. The second-order valence-electron chi connectivity index (χ2n) is 2.11. The Labute approximate surface area is 81.1 Å². The van der Waals surface area contributed by atoms with E-state index in [1.54, 1.807) is 12.1 Å². The van der Waals surface area contributed by atoms with Gasteiger partial charge in [0.1, 0.15) is 5.82 Å². The maximum absolute atomic E-state index is 12.4. The Bertz CT molecular complexity index is 243. The van der Waals surface area contributed by atoms with E-state index in [1.165, 1.54) is 12.1 Å². The van der Waals surface area contributed by atoms with Gasteiger partial charge in [-0.05, 0) is 17.7 Å². The Kier molecular flexibility index (Phi) is 4.11. The third-order valence-corrected chi connectivity index (χ3v) is 2.80. The second-order valence-corrected chi connectivity index (χ2v) is 4.83. The number of halogens is 2. The van der Waals surface area contributed by atoms with Crippen LogP contribution >= 0.6 is 12.9 Å². The van der Waals surface area contributed by atoms with Gasteiger partial charge in [0.15, 0.2) is 0 Å². The molecule has 0 N–H and O–H groups in total. The predicted octanol–water partition coefficient (Wildman–Crippen LogP) is 2.81. The molecule has 0 aliphatic heterocycles. The summed E-state index contributed by atoms with van der Waals surface area (Å²) in [5, 5.41) is 0. The summed E-state index contributed by atoms with van der Waals surface area (Å²) in [4.78, 5) is 0. The lowest BCUT2D eigenvalue weighted by Gasteiger charge is -1.90. The molecule has 0 radical (unpaired) electrons. The molecule has 0 saturated carbocycles. The molecule has 1 rings (SSSR count). The van der Waals surface area contributed by atoms with E-state index in [4.69, 9.17) is 0 Å². The molecular weight excluding hydrogens is 219 g/mol. The van der Waals surface area contributed by atoms with Crippen LogP contribution in [-0.2, 0) is 0 Å². The van der Waals surface area contributed by atoms with Crippen LogP contribution in [0.15, 0.2) is 28.5 Å². The minimum Gasteiger partial charge on any atom is -0.297 e. The molecular formula is C8H6BrFMg. The Morgan fingerprint density at radius 1 is 1.27 bits per heavy atom. The number of hydrogen-bond donors (Lipinski definition) is 0. The first-order valence-corrected chi connectivity index (χ1v) is 8.02. The quantitative estimate of drug-likeness (QED) is 0.679. The lowest BCUT2D eigenvalue weighted by Crippen LogP contribution is -1.74. The van der Waals surface area contributed by atoms with Gasteiger partial charge in [-0.1, -0.05) is 18.2 Å². The molecule has 0 aliphatic rings. The molecule has 1 aromatic carbocycles. The van der Waals surface area contributed by atoms with Gasteiger partial charge in [0.2, 0.25) is 0 Å².